The SMILES string of the molecule is N[C@H]1CCN(Cc2ccc(C(=O)O)o2)C1. The molecule has 0 aromatic carbocycles. The van der Waals surface area contributed by atoms with Crippen molar-refractivity contribution in [2.45, 2.75) is 19.0 Å². The van der Waals surface area contributed by atoms with Gasteiger partial charge < -0.3 is 15.3 Å². The Kier molecular flexibility index (Phi) is 2.75. The van der Waals surface area contributed by atoms with Gasteiger partial charge in [0.15, 0.2) is 0 Å². The molecule has 1 atom stereocenters. The Hall–Kier alpha value is -1.33. The second kappa shape index (κ2) is 4.04. The van der Waals surface area contributed by atoms with Gasteiger partial charge in [0.25, 0.3) is 0 Å². The van der Waals surface area contributed by atoms with Gasteiger partial charge in [-0.25, -0.2) is 4.79 Å². The van der Waals surface area contributed by atoms with Crippen molar-refractivity contribution in [3.8, 4) is 0 Å². The van der Waals surface area contributed by atoms with Crippen molar-refractivity contribution in [3.05, 3.63) is 23.7 Å². The Bertz CT molecular complexity index is 361. The number of furan rings is 1. The molecule has 5 heteroatoms. The topological polar surface area (TPSA) is 79.7 Å². The van der Waals surface area contributed by atoms with E-state index in [1.807, 2.05) is 0 Å². The van der Waals surface area contributed by atoms with E-state index in [9.17, 15) is 4.79 Å². The van der Waals surface area contributed by atoms with Crippen molar-refractivity contribution in [1.29, 1.82) is 0 Å². The first kappa shape index (κ1) is 10.2. The van der Waals surface area contributed by atoms with Gasteiger partial charge in [-0.3, -0.25) is 4.90 Å². The number of hydrogen-bond acceptors (Lipinski definition) is 4. The summed E-state index contributed by atoms with van der Waals surface area (Å²) in [5.74, 6) is -0.352. The molecule has 0 radical (unpaired) electrons. The fraction of sp³-hybridized carbons (Fsp3) is 0.500. The van der Waals surface area contributed by atoms with Crippen LogP contribution in [0.25, 0.3) is 0 Å². The van der Waals surface area contributed by atoms with E-state index >= 15 is 0 Å². The van der Waals surface area contributed by atoms with Crippen molar-refractivity contribution in [3.63, 3.8) is 0 Å². The van der Waals surface area contributed by atoms with Gasteiger partial charge in [-0.05, 0) is 18.6 Å². The van der Waals surface area contributed by atoms with E-state index in [1.54, 1.807) is 6.07 Å². The van der Waals surface area contributed by atoms with Crippen LogP contribution in [-0.2, 0) is 6.54 Å². The molecule has 0 spiro atoms. The third-order valence-corrected chi connectivity index (χ3v) is 2.56. The highest BCUT2D eigenvalue weighted by atomic mass is 16.4. The first-order valence-electron chi connectivity index (χ1n) is 4.95. The molecule has 2 heterocycles. The molecule has 0 amide bonds. The molecule has 1 saturated heterocycles. The zero-order valence-corrected chi connectivity index (χ0v) is 8.35. The smallest absolute Gasteiger partial charge is 0.371 e. The Balaban J connectivity index is 1.96. The molecule has 82 valence electrons. The largest absolute Gasteiger partial charge is 0.475 e. The maximum Gasteiger partial charge on any atom is 0.371 e. The second-order valence-electron chi connectivity index (χ2n) is 3.85. The number of likely N-dealkylation sites (tertiary alicyclic amines) is 1. The number of carboxylic acid groups (broad SMARTS) is 1. The summed E-state index contributed by atoms with van der Waals surface area (Å²) >= 11 is 0. The molecule has 15 heavy (non-hydrogen) atoms. The fourth-order valence-corrected chi connectivity index (χ4v) is 1.80. The van der Waals surface area contributed by atoms with E-state index in [0.29, 0.717) is 12.3 Å². The monoisotopic (exact) mass is 210 g/mol. The molecule has 1 aliphatic rings. The lowest BCUT2D eigenvalue weighted by molar-refractivity contribution is 0.0658. The molecule has 5 nitrogen and oxygen atoms in total. The van der Waals surface area contributed by atoms with Gasteiger partial charge in [0.2, 0.25) is 5.76 Å². The molecular weight excluding hydrogens is 196 g/mol. The Morgan fingerprint density at radius 3 is 3.00 bits per heavy atom. The Morgan fingerprint density at radius 2 is 2.47 bits per heavy atom. The van der Waals surface area contributed by atoms with Crippen LogP contribution in [0.15, 0.2) is 16.5 Å². The highest BCUT2D eigenvalue weighted by molar-refractivity contribution is 5.84. The van der Waals surface area contributed by atoms with Gasteiger partial charge in [0.05, 0.1) is 6.54 Å². The van der Waals surface area contributed by atoms with E-state index in [2.05, 4.69) is 4.90 Å². The van der Waals surface area contributed by atoms with Crippen LogP contribution in [0.1, 0.15) is 22.7 Å². The van der Waals surface area contributed by atoms with E-state index in [0.717, 1.165) is 19.5 Å². The minimum Gasteiger partial charge on any atom is -0.475 e. The Labute approximate surface area is 87.5 Å². The third kappa shape index (κ3) is 2.37. The summed E-state index contributed by atoms with van der Waals surface area (Å²) < 4.78 is 5.16. The number of carbonyl (C=O) groups is 1. The molecule has 1 aromatic heterocycles. The van der Waals surface area contributed by atoms with Gasteiger partial charge in [0, 0.05) is 19.1 Å². The van der Waals surface area contributed by atoms with Crippen LogP contribution in [0.2, 0.25) is 0 Å². The Morgan fingerprint density at radius 1 is 1.67 bits per heavy atom. The zero-order chi connectivity index (χ0) is 10.8. The first-order valence-corrected chi connectivity index (χ1v) is 4.95. The van der Waals surface area contributed by atoms with Crippen LogP contribution < -0.4 is 5.73 Å². The lowest BCUT2D eigenvalue weighted by atomic mass is 10.3. The minimum atomic E-state index is -1.03. The third-order valence-electron chi connectivity index (χ3n) is 2.56. The van der Waals surface area contributed by atoms with Gasteiger partial charge in [-0.15, -0.1) is 0 Å². The van der Waals surface area contributed by atoms with Gasteiger partial charge in [-0.1, -0.05) is 0 Å². The van der Waals surface area contributed by atoms with E-state index < -0.39 is 5.97 Å². The summed E-state index contributed by atoms with van der Waals surface area (Å²) in [6.45, 7) is 2.44. The normalized spacial score (nSPS) is 22.1. The second-order valence-corrected chi connectivity index (χ2v) is 3.85. The van der Waals surface area contributed by atoms with Gasteiger partial charge in [-0.2, -0.15) is 0 Å². The average Bonchev–Trinajstić information content (AvgIpc) is 2.76. The number of carboxylic acids is 1. The summed E-state index contributed by atoms with van der Waals surface area (Å²) in [5, 5.41) is 8.67. The zero-order valence-electron chi connectivity index (χ0n) is 8.35. The number of nitrogens with two attached hydrogens (primary N) is 1. The molecule has 2 rings (SSSR count). The summed E-state index contributed by atoms with van der Waals surface area (Å²) in [4.78, 5) is 12.7. The van der Waals surface area contributed by atoms with Crippen LogP contribution >= 0.6 is 0 Å². The molecular formula is C10H14N2O3. The van der Waals surface area contributed by atoms with Crippen LogP contribution in [0.5, 0.6) is 0 Å². The molecule has 0 aliphatic carbocycles. The van der Waals surface area contributed by atoms with E-state index in [-0.39, 0.29) is 11.8 Å². The van der Waals surface area contributed by atoms with Crippen molar-refractivity contribution in [2.24, 2.45) is 5.73 Å². The van der Waals surface area contributed by atoms with Crippen molar-refractivity contribution >= 4 is 5.97 Å². The maximum absolute atomic E-state index is 10.6. The maximum atomic E-state index is 10.6. The van der Waals surface area contributed by atoms with Crippen LogP contribution in [0.4, 0.5) is 0 Å². The first-order chi connectivity index (χ1) is 7.15. The standard InChI is InChI=1S/C10H14N2O3/c11-7-3-4-12(5-7)6-8-1-2-9(15-8)10(13)14/h1-2,7H,3-6,11H2,(H,13,14)/t7-/m0/s1. The minimum absolute atomic E-state index is 0.00602. The van der Waals surface area contributed by atoms with Crippen molar-refractivity contribution in [2.75, 3.05) is 13.1 Å². The average molecular weight is 210 g/mol. The molecule has 0 saturated carbocycles. The summed E-state index contributed by atoms with van der Waals surface area (Å²) in [7, 11) is 0. The lowest BCUT2D eigenvalue weighted by Gasteiger charge is -2.12. The predicted octanol–water partition coefficient (Wildman–Crippen LogP) is 0.511. The highest BCUT2D eigenvalue weighted by Gasteiger charge is 2.20. The molecule has 0 bridgehead atoms. The number of nitrogens with zero attached hydrogens (tertiary/aromatic N) is 1. The fourth-order valence-electron chi connectivity index (χ4n) is 1.80. The molecule has 3 N–H and O–H groups in total. The molecule has 1 fully saturated rings. The summed E-state index contributed by atoms with van der Waals surface area (Å²) in [6, 6.07) is 3.42. The predicted molar refractivity (Wildman–Crippen MR) is 53.5 cm³/mol. The molecule has 1 aromatic rings. The molecule has 1 aliphatic heterocycles. The van der Waals surface area contributed by atoms with Gasteiger partial charge >= 0.3 is 5.97 Å². The highest BCUT2D eigenvalue weighted by Crippen LogP contribution is 2.14. The van der Waals surface area contributed by atoms with E-state index in [4.69, 9.17) is 15.3 Å². The number of aromatic carboxylic acids is 1. The number of rotatable bonds is 3. The quantitative estimate of drug-likeness (QED) is 0.759. The molecule has 0 unspecified atom stereocenters. The van der Waals surface area contributed by atoms with Crippen LogP contribution in [-0.4, -0.2) is 35.1 Å². The lowest BCUT2D eigenvalue weighted by Crippen LogP contribution is -2.26. The van der Waals surface area contributed by atoms with Crippen LogP contribution in [0.3, 0.4) is 0 Å². The van der Waals surface area contributed by atoms with Crippen molar-refractivity contribution in [1.82, 2.24) is 4.90 Å². The van der Waals surface area contributed by atoms with E-state index in [1.165, 1.54) is 6.07 Å². The summed E-state index contributed by atoms with van der Waals surface area (Å²) in [6.07, 6.45) is 0.993. The van der Waals surface area contributed by atoms with Crippen LogP contribution in [0, 0.1) is 0 Å². The van der Waals surface area contributed by atoms with Gasteiger partial charge in [0.1, 0.15) is 5.76 Å². The number of hydrogen-bond donors (Lipinski definition) is 2. The van der Waals surface area contributed by atoms with Crippen molar-refractivity contribution < 1.29 is 14.3 Å². The summed E-state index contributed by atoms with van der Waals surface area (Å²) in [5.41, 5.74) is 5.77.